The molecule has 0 radical (unpaired) electrons. The average Bonchev–Trinajstić information content (AvgIpc) is 2.67. The lowest BCUT2D eigenvalue weighted by molar-refractivity contribution is 0.0362. The van der Waals surface area contributed by atoms with E-state index in [9.17, 15) is 5.11 Å². The lowest BCUT2D eigenvalue weighted by Crippen LogP contribution is -2.45. The molecule has 2 heterocycles. The van der Waals surface area contributed by atoms with Gasteiger partial charge in [0.25, 0.3) is 0 Å². The number of benzene rings is 1. The van der Waals surface area contributed by atoms with Gasteiger partial charge >= 0.3 is 0 Å². The topological polar surface area (TPSA) is 32.7 Å². The molecular formula is C16H23NO2. The van der Waals surface area contributed by atoms with Crippen LogP contribution in [0.1, 0.15) is 31.2 Å². The maximum atomic E-state index is 9.81. The fraction of sp³-hybridized carbons (Fsp3) is 0.625. The van der Waals surface area contributed by atoms with E-state index in [2.05, 4.69) is 17.0 Å². The number of aliphatic hydroxyl groups excluding tert-OH is 1. The van der Waals surface area contributed by atoms with Crippen molar-refractivity contribution in [3.05, 3.63) is 29.8 Å². The SMILES string of the molecule is COc1ccc(CCN2C3CCC2CC(O)C3)cc1. The molecule has 2 unspecified atom stereocenters. The number of aliphatic hydroxyl groups is 1. The highest BCUT2D eigenvalue weighted by Crippen LogP contribution is 2.35. The predicted molar refractivity (Wildman–Crippen MR) is 75.5 cm³/mol. The molecule has 19 heavy (non-hydrogen) atoms. The number of nitrogens with zero attached hydrogens (tertiary/aromatic N) is 1. The number of piperidine rings is 1. The molecule has 2 saturated heterocycles. The van der Waals surface area contributed by atoms with Crippen molar-refractivity contribution in [2.45, 2.75) is 50.3 Å². The fourth-order valence-electron chi connectivity index (χ4n) is 3.66. The highest BCUT2D eigenvalue weighted by atomic mass is 16.5. The van der Waals surface area contributed by atoms with Crippen LogP contribution in [0.25, 0.3) is 0 Å². The minimum atomic E-state index is -0.0604. The molecule has 1 aromatic carbocycles. The van der Waals surface area contributed by atoms with Crippen LogP contribution in [-0.4, -0.2) is 41.8 Å². The molecule has 1 aromatic rings. The molecule has 0 saturated carbocycles. The Kier molecular flexibility index (Phi) is 3.76. The Balaban J connectivity index is 1.57. The third kappa shape index (κ3) is 2.77. The van der Waals surface area contributed by atoms with Gasteiger partial charge < -0.3 is 9.84 Å². The summed E-state index contributed by atoms with van der Waals surface area (Å²) in [4.78, 5) is 2.62. The van der Waals surface area contributed by atoms with Gasteiger partial charge in [0.1, 0.15) is 5.75 Å². The lowest BCUT2D eigenvalue weighted by atomic mass is 9.99. The van der Waals surface area contributed by atoms with Gasteiger partial charge in [0.15, 0.2) is 0 Å². The molecule has 0 aliphatic carbocycles. The summed E-state index contributed by atoms with van der Waals surface area (Å²) in [6.45, 7) is 1.12. The molecule has 2 aliphatic rings. The second kappa shape index (κ2) is 5.51. The van der Waals surface area contributed by atoms with Crippen LogP contribution in [0.4, 0.5) is 0 Å². The molecular weight excluding hydrogens is 238 g/mol. The van der Waals surface area contributed by atoms with Crippen LogP contribution in [0.15, 0.2) is 24.3 Å². The normalized spacial score (nSPS) is 30.5. The van der Waals surface area contributed by atoms with E-state index < -0.39 is 0 Å². The minimum Gasteiger partial charge on any atom is -0.497 e. The maximum absolute atomic E-state index is 9.81. The fourth-order valence-corrected chi connectivity index (χ4v) is 3.66. The zero-order valence-corrected chi connectivity index (χ0v) is 11.6. The van der Waals surface area contributed by atoms with Crippen LogP contribution in [0, 0.1) is 0 Å². The first-order valence-electron chi connectivity index (χ1n) is 7.33. The number of rotatable bonds is 4. The Labute approximate surface area is 115 Å². The summed E-state index contributed by atoms with van der Waals surface area (Å²) < 4.78 is 5.18. The summed E-state index contributed by atoms with van der Waals surface area (Å²) in [6.07, 6.45) is 5.51. The monoisotopic (exact) mass is 261 g/mol. The van der Waals surface area contributed by atoms with E-state index in [0.29, 0.717) is 12.1 Å². The summed E-state index contributed by atoms with van der Waals surface area (Å²) in [7, 11) is 1.70. The largest absolute Gasteiger partial charge is 0.497 e. The van der Waals surface area contributed by atoms with Gasteiger partial charge in [-0.25, -0.2) is 0 Å². The van der Waals surface area contributed by atoms with Gasteiger partial charge in [-0.05, 0) is 49.8 Å². The summed E-state index contributed by atoms with van der Waals surface area (Å²) in [5.74, 6) is 0.921. The number of fused-ring (bicyclic) bond motifs is 2. The van der Waals surface area contributed by atoms with E-state index in [-0.39, 0.29) is 6.10 Å². The van der Waals surface area contributed by atoms with E-state index in [4.69, 9.17) is 4.74 Å². The van der Waals surface area contributed by atoms with Crippen molar-refractivity contribution in [2.24, 2.45) is 0 Å². The maximum Gasteiger partial charge on any atom is 0.118 e. The third-order valence-electron chi connectivity index (χ3n) is 4.68. The van der Waals surface area contributed by atoms with Gasteiger partial charge in [-0.2, -0.15) is 0 Å². The van der Waals surface area contributed by atoms with Gasteiger partial charge in [0, 0.05) is 18.6 Å². The minimum absolute atomic E-state index is 0.0604. The van der Waals surface area contributed by atoms with Crippen molar-refractivity contribution in [1.29, 1.82) is 0 Å². The van der Waals surface area contributed by atoms with Gasteiger partial charge in [-0.3, -0.25) is 4.90 Å². The molecule has 2 aliphatic heterocycles. The number of hydrogen-bond acceptors (Lipinski definition) is 3. The quantitative estimate of drug-likeness (QED) is 0.902. The van der Waals surface area contributed by atoms with Crippen LogP contribution in [-0.2, 0) is 6.42 Å². The molecule has 0 aromatic heterocycles. The first-order chi connectivity index (χ1) is 9.26. The first-order valence-corrected chi connectivity index (χ1v) is 7.33. The van der Waals surface area contributed by atoms with Gasteiger partial charge in [-0.1, -0.05) is 12.1 Å². The van der Waals surface area contributed by atoms with E-state index in [1.54, 1.807) is 7.11 Å². The second-order valence-electron chi connectivity index (χ2n) is 5.85. The zero-order valence-electron chi connectivity index (χ0n) is 11.6. The predicted octanol–water partition coefficient (Wildman–Crippen LogP) is 2.23. The summed E-state index contributed by atoms with van der Waals surface area (Å²) in [5.41, 5.74) is 1.37. The van der Waals surface area contributed by atoms with Gasteiger partial charge in [0.05, 0.1) is 13.2 Å². The van der Waals surface area contributed by atoms with E-state index in [1.165, 1.54) is 18.4 Å². The molecule has 3 rings (SSSR count). The molecule has 3 nitrogen and oxygen atoms in total. The first kappa shape index (κ1) is 12.9. The smallest absolute Gasteiger partial charge is 0.118 e. The highest BCUT2D eigenvalue weighted by molar-refractivity contribution is 5.27. The van der Waals surface area contributed by atoms with Gasteiger partial charge in [0.2, 0.25) is 0 Å². The third-order valence-corrected chi connectivity index (χ3v) is 4.68. The molecule has 0 amide bonds. The molecule has 3 heteroatoms. The van der Waals surface area contributed by atoms with Crippen molar-refractivity contribution in [3.8, 4) is 5.75 Å². The van der Waals surface area contributed by atoms with Crippen molar-refractivity contribution in [1.82, 2.24) is 4.90 Å². The lowest BCUT2D eigenvalue weighted by Gasteiger charge is -2.37. The number of methoxy groups -OCH3 is 1. The summed E-state index contributed by atoms with van der Waals surface area (Å²) in [6, 6.07) is 9.60. The second-order valence-corrected chi connectivity index (χ2v) is 5.85. The van der Waals surface area contributed by atoms with E-state index in [1.807, 2.05) is 12.1 Å². The molecule has 2 fully saturated rings. The Morgan fingerprint density at radius 3 is 2.37 bits per heavy atom. The van der Waals surface area contributed by atoms with Crippen LogP contribution in [0.5, 0.6) is 5.75 Å². The van der Waals surface area contributed by atoms with E-state index >= 15 is 0 Å². The van der Waals surface area contributed by atoms with Crippen molar-refractivity contribution >= 4 is 0 Å². The Morgan fingerprint density at radius 2 is 1.79 bits per heavy atom. The Bertz CT molecular complexity index is 403. The van der Waals surface area contributed by atoms with E-state index in [0.717, 1.165) is 31.6 Å². The Morgan fingerprint density at radius 1 is 1.16 bits per heavy atom. The van der Waals surface area contributed by atoms with Gasteiger partial charge in [-0.15, -0.1) is 0 Å². The van der Waals surface area contributed by atoms with Crippen LogP contribution < -0.4 is 4.74 Å². The molecule has 104 valence electrons. The van der Waals surface area contributed by atoms with Crippen LogP contribution in [0.2, 0.25) is 0 Å². The number of ether oxygens (including phenoxy) is 1. The molecule has 2 bridgehead atoms. The van der Waals surface area contributed by atoms with Crippen molar-refractivity contribution < 1.29 is 9.84 Å². The van der Waals surface area contributed by atoms with Crippen LogP contribution in [0.3, 0.4) is 0 Å². The molecule has 0 spiro atoms. The molecule has 1 N–H and O–H groups in total. The summed E-state index contributed by atoms with van der Waals surface area (Å²) in [5, 5.41) is 9.81. The van der Waals surface area contributed by atoms with Crippen molar-refractivity contribution in [3.63, 3.8) is 0 Å². The zero-order chi connectivity index (χ0) is 13.2. The average molecular weight is 261 g/mol. The summed E-state index contributed by atoms with van der Waals surface area (Å²) >= 11 is 0. The standard InChI is InChI=1S/C16H23NO2/c1-19-16-6-2-12(3-7-16)8-9-17-13-4-5-14(17)11-15(18)10-13/h2-3,6-7,13-15,18H,4-5,8-11H2,1H3. The number of hydrogen-bond donors (Lipinski definition) is 1. The van der Waals surface area contributed by atoms with Crippen LogP contribution >= 0.6 is 0 Å². The Hall–Kier alpha value is -1.06. The molecule has 2 atom stereocenters. The highest BCUT2D eigenvalue weighted by Gasteiger charge is 2.39. The van der Waals surface area contributed by atoms with Crippen molar-refractivity contribution in [2.75, 3.05) is 13.7 Å².